The molecule has 0 bridgehead atoms. The fourth-order valence-corrected chi connectivity index (χ4v) is 1.60. The molecule has 0 unspecified atom stereocenters. The van der Waals surface area contributed by atoms with Crippen LogP contribution in [0, 0.1) is 11.2 Å². The summed E-state index contributed by atoms with van der Waals surface area (Å²) in [5.41, 5.74) is 6.44. The van der Waals surface area contributed by atoms with Crippen LogP contribution in [0.25, 0.3) is 0 Å². The third-order valence-corrected chi connectivity index (χ3v) is 2.82. The molecule has 0 aliphatic heterocycles. The van der Waals surface area contributed by atoms with Gasteiger partial charge in [-0.3, -0.25) is 0 Å². The molecule has 0 spiro atoms. The first-order valence-electron chi connectivity index (χ1n) is 5.96. The van der Waals surface area contributed by atoms with Crippen molar-refractivity contribution in [3.8, 4) is 0 Å². The highest BCUT2D eigenvalue weighted by molar-refractivity contribution is 7.80. The van der Waals surface area contributed by atoms with E-state index in [1.54, 1.807) is 18.2 Å². The largest absolute Gasteiger partial charge is 0.389 e. The number of halogens is 1. The van der Waals surface area contributed by atoms with Gasteiger partial charge in [-0.2, -0.15) is 0 Å². The lowest BCUT2D eigenvalue weighted by Gasteiger charge is -2.17. The molecule has 2 nitrogen and oxygen atoms in total. The van der Waals surface area contributed by atoms with Crippen LogP contribution in [0.1, 0.15) is 38.3 Å². The number of ether oxygens (including phenoxy) is 1. The second-order valence-corrected chi connectivity index (χ2v) is 5.95. The Morgan fingerprint density at radius 3 is 2.61 bits per heavy atom. The predicted octanol–water partition coefficient (Wildman–Crippen LogP) is 3.41. The predicted molar refractivity (Wildman–Crippen MR) is 76.0 cm³/mol. The van der Waals surface area contributed by atoms with Crippen LogP contribution in [0.5, 0.6) is 0 Å². The second-order valence-electron chi connectivity index (χ2n) is 5.51. The van der Waals surface area contributed by atoms with Gasteiger partial charge in [0.05, 0.1) is 6.61 Å². The van der Waals surface area contributed by atoms with Gasteiger partial charge in [-0.05, 0) is 17.9 Å². The summed E-state index contributed by atoms with van der Waals surface area (Å²) in [5.74, 6) is -0.374. The Kier molecular flexibility index (Phi) is 5.23. The zero-order chi connectivity index (χ0) is 13.8. The Labute approximate surface area is 113 Å². The van der Waals surface area contributed by atoms with Gasteiger partial charge in [0.25, 0.3) is 0 Å². The molecule has 0 saturated carbocycles. The lowest BCUT2D eigenvalue weighted by atomic mass is 9.93. The van der Waals surface area contributed by atoms with E-state index in [0.717, 1.165) is 6.42 Å². The molecular formula is C14H20FNOS. The van der Waals surface area contributed by atoms with Crippen molar-refractivity contribution in [2.45, 2.75) is 33.8 Å². The van der Waals surface area contributed by atoms with E-state index in [-0.39, 0.29) is 28.4 Å². The summed E-state index contributed by atoms with van der Waals surface area (Å²) in [4.78, 5) is 0.0732. The van der Waals surface area contributed by atoms with Crippen LogP contribution in [0.4, 0.5) is 4.39 Å². The summed E-state index contributed by atoms with van der Waals surface area (Å²) >= 11 is 4.79. The molecule has 18 heavy (non-hydrogen) atoms. The van der Waals surface area contributed by atoms with Gasteiger partial charge in [-0.1, -0.05) is 45.1 Å². The van der Waals surface area contributed by atoms with Crippen LogP contribution in [-0.4, -0.2) is 11.6 Å². The Hall–Kier alpha value is -1.00. The van der Waals surface area contributed by atoms with Crippen molar-refractivity contribution in [2.75, 3.05) is 6.61 Å². The number of rotatable bonds is 5. The maximum absolute atomic E-state index is 13.9. The van der Waals surface area contributed by atoms with Crippen molar-refractivity contribution in [1.29, 1.82) is 0 Å². The summed E-state index contributed by atoms with van der Waals surface area (Å²) in [6.45, 7) is 7.29. The van der Waals surface area contributed by atoms with E-state index in [1.165, 1.54) is 0 Å². The van der Waals surface area contributed by atoms with Crippen molar-refractivity contribution >= 4 is 17.2 Å². The normalized spacial score (nSPS) is 11.6. The molecule has 4 heteroatoms. The van der Waals surface area contributed by atoms with Crippen LogP contribution in [0.15, 0.2) is 18.2 Å². The Morgan fingerprint density at radius 2 is 2.06 bits per heavy atom. The molecule has 1 aromatic rings. The van der Waals surface area contributed by atoms with Gasteiger partial charge in [-0.25, -0.2) is 4.39 Å². The topological polar surface area (TPSA) is 35.2 Å². The standard InChI is InChI=1S/C14H20FNOS/c1-14(2,3)7-8-17-9-10-5-4-6-11(12(10)15)13(16)18/h4-6H,7-9H2,1-3H3,(H2,16,18). The van der Waals surface area contributed by atoms with E-state index in [1.807, 2.05) is 0 Å². The highest BCUT2D eigenvalue weighted by Crippen LogP contribution is 2.19. The third-order valence-electron chi connectivity index (χ3n) is 2.60. The number of thiocarbonyl (C=S) groups is 1. The number of hydrogen-bond acceptors (Lipinski definition) is 2. The highest BCUT2D eigenvalue weighted by Gasteiger charge is 2.12. The van der Waals surface area contributed by atoms with Gasteiger partial charge in [-0.15, -0.1) is 0 Å². The number of benzene rings is 1. The number of hydrogen-bond donors (Lipinski definition) is 1. The minimum atomic E-state index is -0.374. The zero-order valence-electron chi connectivity index (χ0n) is 11.1. The van der Waals surface area contributed by atoms with Crippen molar-refractivity contribution in [3.05, 3.63) is 35.1 Å². The summed E-state index contributed by atoms with van der Waals surface area (Å²) in [5, 5.41) is 0. The molecule has 0 aromatic heterocycles. The van der Waals surface area contributed by atoms with E-state index < -0.39 is 0 Å². The fraction of sp³-hybridized carbons (Fsp3) is 0.500. The van der Waals surface area contributed by atoms with E-state index in [2.05, 4.69) is 20.8 Å². The van der Waals surface area contributed by atoms with Crippen LogP contribution < -0.4 is 5.73 Å². The Morgan fingerprint density at radius 1 is 1.39 bits per heavy atom. The Balaban J connectivity index is 2.58. The lowest BCUT2D eigenvalue weighted by molar-refractivity contribution is 0.0943. The SMILES string of the molecule is CC(C)(C)CCOCc1cccc(C(N)=S)c1F. The van der Waals surface area contributed by atoms with Gasteiger partial charge >= 0.3 is 0 Å². The average molecular weight is 269 g/mol. The van der Waals surface area contributed by atoms with Crippen LogP contribution in [-0.2, 0) is 11.3 Å². The number of nitrogens with two attached hydrogens (primary N) is 1. The zero-order valence-corrected chi connectivity index (χ0v) is 11.9. The smallest absolute Gasteiger partial charge is 0.138 e. The molecule has 2 N–H and O–H groups in total. The lowest BCUT2D eigenvalue weighted by Crippen LogP contribution is -2.14. The van der Waals surface area contributed by atoms with Gasteiger partial charge in [0, 0.05) is 17.7 Å². The summed E-state index contributed by atoms with van der Waals surface area (Å²) in [7, 11) is 0. The quantitative estimate of drug-likeness (QED) is 0.657. The van der Waals surface area contributed by atoms with Crippen molar-refractivity contribution in [2.24, 2.45) is 11.1 Å². The molecule has 1 aromatic carbocycles. The van der Waals surface area contributed by atoms with Gasteiger partial charge in [0.15, 0.2) is 0 Å². The molecule has 1 rings (SSSR count). The molecule has 0 saturated heterocycles. The summed E-state index contributed by atoms with van der Waals surface area (Å²) < 4.78 is 19.4. The van der Waals surface area contributed by atoms with E-state index in [0.29, 0.717) is 12.2 Å². The molecule has 0 fully saturated rings. The first kappa shape index (κ1) is 15.1. The molecule has 0 amide bonds. The van der Waals surface area contributed by atoms with E-state index in [4.69, 9.17) is 22.7 Å². The highest BCUT2D eigenvalue weighted by atomic mass is 32.1. The van der Waals surface area contributed by atoms with Gasteiger partial charge in [0.2, 0.25) is 0 Å². The average Bonchev–Trinajstić information content (AvgIpc) is 2.24. The van der Waals surface area contributed by atoms with E-state index >= 15 is 0 Å². The molecular weight excluding hydrogens is 249 g/mol. The van der Waals surface area contributed by atoms with Crippen LogP contribution >= 0.6 is 12.2 Å². The van der Waals surface area contributed by atoms with Gasteiger partial charge in [0.1, 0.15) is 10.8 Å². The minimum Gasteiger partial charge on any atom is -0.389 e. The fourth-order valence-electron chi connectivity index (χ4n) is 1.44. The molecule has 0 aliphatic carbocycles. The van der Waals surface area contributed by atoms with E-state index in [9.17, 15) is 4.39 Å². The molecule has 0 radical (unpaired) electrons. The van der Waals surface area contributed by atoms with Crippen LogP contribution in [0.3, 0.4) is 0 Å². The van der Waals surface area contributed by atoms with Crippen molar-refractivity contribution in [3.63, 3.8) is 0 Å². The maximum atomic E-state index is 13.9. The first-order chi connectivity index (χ1) is 8.31. The summed E-state index contributed by atoms with van der Waals surface area (Å²) in [6.07, 6.45) is 0.934. The second kappa shape index (κ2) is 6.25. The van der Waals surface area contributed by atoms with Crippen molar-refractivity contribution in [1.82, 2.24) is 0 Å². The molecule has 0 atom stereocenters. The first-order valence-corrected chi connectivity index (χ1v) is 6.37. The van der Waals surface area contributed by atoms with Gasteiger partial charge < -0.3 is 10.5 Å². The maximum Gasteiger partial charge on any atom is 0.138 e. The Bertz CT molecular complexity index is 426. The van der Waals surface area contributed by atoms with Crippen molar-refractivity contribution < 1.29 is 9.13 Å². The monoisotopic (exact) mass is 269 g/mol. The van der Waals surface area contributed by atoms with Crippen LogP contribution in [0.2, 0.25) is 0 Å². The molecule has 0 heterocycles. The third kappa shape index (κ3) is 4.70. The molecule has 0 aliphatic rings. The molecule has 100 valence electrons. The summed E-state index contributed by atoms with van der Waals surface area (Å²) in [6, 6.07) is 5.00. The minimum absolute atomic E-state index is 0.0732.